The molecule has 3 unspecified atom stereocenters. The van der Waals surface area contributed by atoms with Crippen LogP contribution in [0.2, 0.25) is 0 Å². The van der Waals surface area contributed by atoms with E-state index in [9.17, 15) is 4.79 Å². The number of carboxylic acid groups (broad SMARTS) is 1. The van der Waals surface area contributed by atoms with Crippen molar-refractivity contribution in [3.63, 3.8) is 0 Å². The Kier molecular flexibility index (Phi) is 5.81. The van der Waals surface area contributed by atoms with Gasteiger partial charge in [-0.2, -0.15) is 0 Å². The van der Waals surface area contributed by atoms with Crippen molar-refractivity contribution in [2.24, 2.45) is 11.8 Å². The maximum absolute atomic E-state index is 11.0. The van der Waals surface area contributed by atoms with Crippen LogP contribution in [0.3, 0.4) is 0 Å². The van der Waals surface area contributed by atoms with Crippen LogP contribution >= 0.6 is 0 Å². The number of aliphatic carboxylic acids is 1. The number of carboxylic acids is 1. The van der Waals surface area contributed by atoms with Gasteiger partial charge in [-0.1, -0.05) is 33.1 Å². The van der Waals surface area contributed by atoms with Gasteiger partial charge in [-0.15, -0.1) is 0 Å². The van der Waals surface area contributed by atoms with Gasteiger partial charge in [-0.05, 0) is 37.6 Å². The van der Waals surface area contributed by atoms with E-state index in [4.69, 9.17) is 5.11 Å². The minimum atomic E-state index is -0.695. The average molecular weight is 227 g/mol. The predicted molar refractivity (Wildman–Crippen MR) is 65.5 cm³/mol. The molecule has 0 aromatic heterocycles. The molecule has 1 aliphatic carbocycles. The summed E-state index contributed by atoms with van der Waals surface area (Å²) in [5.74, 6) is 0.823. The van der Waals surface area contributed by atoms with Crippen LogP contribution in [-0.2, 0) is 4.79 Å². The van der Waals surface area contributed by atoms with Crippen molar-refractivity contribution < 1.29 is 9.90 Å². The SMILES string of the molecule is CCCCC(NCC1CCC(C)C1)C(=O)O. The molecule has 0 radical (unpaired) electrons. The lowest BCUT2D eigenvalue weighted by Gasteiger charge is -2.17. The monoisotopic (exact) mass is 227 g/mol. The number of rotatable bonds is 7. The van der Waals surface area contributed by atoms with Gasteiger partial charge in [-0.3, -0.25) is 4.79 Å². The number of unbranched alkanes of at least 4 members (excludes halogenated alkanes) is 1. The zero-order valence-electron chi connectivity index (χ0n) is 10.5. The molecule has 3 nitrogen and oxygen atoms in total. The largest absolute Gasteiger partial charge is 0.480 e. The number of carbonyl (C=O) groups is 1. The van der Waals surface area contributed by atoms with Crippen molar-refractivity contribution >= 4 is 5.97 Å². The highest BCUT2D eigenvalue weighted by Gasteiger charge is 2.23. The third kappa shape index (κ3) is 4.52. The maximum atomic E-state index is 11.0. The lowest BCUT2D eigenvalue weighted by molar-refractivity contribution is -0.139. The van der Waals surface area contributed by atoms with Crippen LogP contribution in [0.25, 0.3) is 0 Å². The molecule has 0 amide bonds. The van der Waals surface area contributed by atoms with Crippen LogP contribution in [0, 0.1) is 11.8 Å². The van der Waals surface area contributed by atoms with Gasteiger partial charge < -0.3 is 10.4 Å². The first-order chi connectivity index (χ1) is 7.63. The zero-order valence-corrected chi connectivity index (χ0v) is 10.5. The van der Waals surface area contributed by atoms with Crippen LogP contribution in [0.15, 0.2) is 0 Å². The van der Waals surface area contributed by atoms with Gasteiger partial charge in [0.25, 0.3) is 0 Å². The van der Waals surface area contributed by atoms with E-state index in [1.807, 2.05) is 0 Å². The summed E-state index contributed by atoms with van der Waals surface area (Å²) in [6.07, 6.45) is 6.63. The van der Waals surface area contributed by atoms with E-state index in [0.717, 1.165) is 31.7 Å². The smallest absolute Gasteiger partial charge is 0.320 e. The molecule has 0 heterocycles. The summed E-state index contributed by atoms with van der Waals surface area (Å²) < 4.78 is 0. The lowest BCUT2D eigenvalue weighted by Crippen LogP contribution is -2.39. The predicted octanol–water partition coefficient (Wildman–Crippen LogP) is 2.66. The van der Waals surface area contributed by atoms with E-state index in [0.29, 0.717) is 5.92 Å². The Bertz CT molecular complexity index is 218. The molecule has 3 atom stereocenters. The standard InChI is InChI=1S/C13H25NO2/c1-3-4-5-12(13(15)16)14-9-11-7-6-10(2)8-11/h10-12,14H,3-9H2,1-2H3,(H,15,16). The summed E-state index contributed by atoms with van der Waals surface area (Å²) in [5.41, 5.74) is 0. The van der Waals surface area contributed by atoms with Crippen molar-refractivity contribution in [2.45, 2.75) is 58.4 Å². The molecule has 16 heavy (non-hydrogen) atoms. The molecule has 1 fully saturated rings. The van der Waals surface area contributed by atoms with E-state index in [1.54, 1.807) is 0 Å². The molecule has 94 valence electrons. The highest BCUT2D eigenvalue weighted by atomic mass is 16.4. The summed E-state index contributed by atoms with van der Waals surface area (Å²) in [7, 11) is 0. The van der Waals surface area contributed by atoms with Crippen molar-refractivity contribution in [1.82, 2.24) is 5.32 Å². The number of hydrogen-bond donors (Lipinski definition) is 2. The number of nitrogens with one attached hydrogen (secondary N) is 1. The van der Waals surface area contributed by atoms with E-state index < -0.39 is 5.97 Å². The van der Waals surface area contributed by atoms with Crippen molar-refractivity contribution in [3.8, 4) is 0 Å². The van der Waals surface area contributed by atoms with Gasteiger partial charge in [-0.25, -0.2) is 0 Å². The summed E-state index contributed by atoms with van der Waals surface area (Å²) in [5, 5.41) is 12.3. The fourth-order valence-electron chi connectivity index (χ4n) is 2.54. The first-order valence-electron chi connectivity index (χ1n) is 6.59. The van der Waals surface area contributed by atoms with Gasteiger partial charge in [0.1, 0.15) is 6.04 Å². The molecule has 1 rings (SSSR count). The van der Waals surface area contributed by atoms with Crippen molar-refractivity contribution in [1.29, 1.82) is 0 Å². The Morgan fingerprint density at radius 2 is 2.25 bits per heavy atom. The first kappa shape index (κ1) is 13.5. The summed E-state index contributed by atoms with van der Waals surface area (Å²) in [6, 6.07) is -0.337. The molecule has 1 saturated carbocycles. The van der Waals surface area contributed by atoms with E-state index >= 15 is 0 Å². The molecule has 1 aliphatic rings. The van der Waals surface area contributed by atoms with E-state index in [1.165, 1.54) is 19.3 Å². The second kappa shape index (κ2) is 6.89. The second-order valence-electron chi connectivity index (χ2n) is 5.23. The van der Waals surface area contributed by atoms with Gasteiger partial charge in [0, 0.05) is 0 Å². The van der Waals surface area contributed by atoms with Gasteiger partial charge >= 0.3 is 5.97 Å². The molecule has 3 heteroatoms. The molecule has 0 aliphatic heterocycles. The van der Waals surface area contributed by atoms with Crippen LogP contribution in [0.5, 0.6) is 0 Å². The minimum absolute atomic E-state index is 0.337. The molecule has 0 aromatic carbocycles. The minimum Gasteiger partial charge on any atom is -0.480 e. The average Bonchev–Trinajstić information content (AvgIpc) is 2.64. The second-order valence-corrected chi connectivity index (χ2v) is 5.23. The number of hydrogen-bond acceptors (Lipinski definition) is 2. The van der Waals surface area contributed by atoms with E-state index in [-0.39, 0.29) is 6.04 Å². The Balaban J connectivity index is 2.23. The molecule has 0 saturated heterocycles. The Morgan fingerprint density at radius 3 is 2.75 bits per heavy atom. The third-order valence-corrected chi connectivity index (χ3v) is 3.60. The highest BCUT2D eigenvalue weighted by Crippen LogP contribution is 2.29. The Hall–Kier alpha value is -0.570. The van der Waals surface area contributed by atoms with Crippen LogP contribution < -0.4 is 5.32 Å². The molecule has 2 N–H and O–H groups in total. The van der Waals surface area contributed by atoms with Crippen LogP contribution in [0.1, 0.15) is 52.4 Å². The highest BCUT2D eigenvalue weighted by molar-refractivity contribution is 5.73. The zero-order chi connectivity index (χ0) is 12.0. The van der Waals surface area contributed by atoms with Crippen molar-refractivity contribution in [3.05, 3.63) is 0 Å². The molecular weight excluding hydrogens is 202 g/mol. The quantitative estimate of drug-likeness (QED) is 0.703. The topological polar surface area (TPSA) is 49.3 Å². The third-order valence-electron chi connectivity index (χ3n) is 3.60. The van der Waals surface area contributed by atoms with Crippen LogP contribution in [0.4, 0.5) is 0 Å². The lowest BCUT2D eigenvalue weighted by atomic mass is 10.0. The summed E-state index contributed by atoms with van der Waals surface area (Å²) in [4.78, 5) is 11.0. The maximum Gasteiger partial charge on any atom is 0.320 e. The fraction of sp³-hybridized carbons (Fsp3) is 0.923. The Labute approximate surface area is 98.6 Å². The summed E-state index contributed by atoms with van der Waals surface area (Å²) >= 11 is 0. The normalized spacial score (nSPS) is 26.9. The molecule has 0 spiro atoms. The molecule has 0 bridgehead atoms. The summed E-state index contributed by atoms with van der Waals surface area (Å²) in [6.45, 7) is 5.26. The first-order valence-corrected chi connectivity index (χ1v) is 6.59. The van der Waals surface area contributed by atoms with Gasteiger partial charge in [0.2, 0.25) is 0 Å². The van der Waals surface area contributed by atoms with Gasteiger partial charge in [0.05, 0.1) is 0 Å². The van der Waals surface area contributed by atoms with E-state index in [2.05, 4.69) is 19.2 Å². The molecular formula is C13H25NO2. The molecule has 0 aromatic rings. The van der Waals surface area contributed by atoms with Crippen LogP contribution in [-0.4, -0.2) is 23.7 Å². The van der Waals surface area contributed by atoms with Gasteiger partial charge in [0.15, 0.2) is 0 Å². The van der Waals surface area contributed by atoms with Crippen molar-refractivity contribution in [2.75, 3.05) is 6.54 Å². The fourth-order valence-corrected chi connectivity index (χ4v) is 2.54. The Morgan fingerprint density at radius 1 is 1.50 bits per heavy atom.